The zero-order chi connectivity index (χ0) is 13.1. The van der Waals surface area contributed by atoms with E-state index >= 15 is 0 Å². The summed E-state index contributed by atoms with van der Waals surface area (Å²) in [6.45, 7) is 2.32. The number of anilines is 2. The van der Waals surface area contributed by atoms with Crippen molar-refractivity contribution in [1.29, 1.82) is 0 Å². The monoisotopic (exact) mass is 264 g/mol. The highest BCUT2D eigenvalue weighted by molar-refractivity contribution is 6.30. The van der Waals surface area contributed by atoms with Gasteiger partial charge in [0.1, 0.15) is 5.82 Å². The summed E-state index contributed by atoms with van der Waals surface area (Å²) in [6, 6.07) is 10.2. The Morgan fingerprint density at radius 3 is 2.72 bits per heavy atom. The van der Waals surface area contributed by atoms with Crippen molar-refractivity contribution in [3.63, 3.8) is 0 Å². The molecule has 2 aromatic carbocycles. The predicted octanol–water partition coefficient (Wildman–Crippen LogP) is 3.98. The lowest BCUT2D eigenvalue weighted by Gasteiger charge is -2.10. The van der Waals surface area contributed by atoms with Crippen molar-refractivity contribution in [2.45, 2.75) is 13.5 Å². The summed E-state index contributed by atoms with van der Waals surface area (Å²) in [5.74, 6) is -0.280. The Kier molecular flexibility index (Phi) is 3.72. The second-order valence-corrected chi connectivity index (χ2v) is 4.62. The molecule has 0 aliphatic rings. The summed E-state index contributed by atoms with van der Waals surface area (Å²) in [5, 5.41) is 3.62. The topological polar surface area (TPSA) is 38.0 Å². The minimum atomic E-state index is -0.280. The first kappa shape index (κ1) is 12.7. The summed E-state index contributed by atoms with van der Waals surface area (Å²) in [7, 11) is 0. The molecule has 0 amide bonds. The molecule has 0 aliphatic heterocycles. The van der Waals surface area contributed by atoms with Gasteiger partial charge in [0, 0.05) is 17.1 Å². The summed E-state index contributed by atoms with van der Waals surface area (Å²) in [4.78, 5) is 0. The van der Waals surface area contributed by atoms with E-state index in [9.17, 15) is 4.39 Å². The van der Waals surface area contributed by atoms with Gasteiger partial charge in [-0.3, -0.25) is 0 Å². The van der Waals surface area contributed by atoms with Crippen molar-refractivity contribution in [2.75, 3.05) is 11.1 Å². The summed E-state index contributed by atoms with van der Waals surface area (Å²) in [6.07, 6.45) is 0. The van der Waals surface area contributed by atoms with Gasteiger partial charge in [0.2, 0.25) is 0 Å². The maximum atomic E-state index is 13.5. The molecule has 2 aromatic rings. The molecule has 2 rings (SSSR count). The van der Waals surface area contributed by atoms with Crippen molar-refractivity contribution in [3.8, 4) is 0 Å². The van der Waals surface area contributed by atoms with E-state index in [2.05, 4.69) is 5.32 Å². The Labute approximate surface area is 111 Å². The number of nitrogen functional groups attached to an aromatic ring is 1. The standard InChI is InChI=1S/C14H14ClFN2/c1-9-2-5-14(13(17)6-9)18-8-10-7-11(15)3-4-12(10)16/h2-7,18H,8,17H2,1H3. The predicted molar refractivity (Wildman–Crippen MR) is 74.3 cm³/mol. The van der Waals surface area contributed by atoms with Crippen LogP contribution in [0.15, 0.2) is 36.4 Å². The molecule has 0 atom stereocenters. The third-order valence-corrected chi connectivity index (χ3v) is 2.92. The summed E-state index contributed by atoms with van der Waals surface area (Å²) >= 11 is 5.83. The third-order valence-electron chi connectivity index (χ3n) is 2.68. The van der Waals surface area contributed by atoms with Crippen molar-refractivity contribution in [2.24, 2.45) is 0 Å². The van der Waals surface area contributed by atoms with Crippen molar-refractivity contribution in [1.82, 2.24) is 0 Å². The Balaban J connectivity index is 2.13. The molecule has 0 heterocycles. The smallest absolute Gasteiger partial charge is 0.128 e. The van der Waals surface area contributed by atoms with Crippen LogP contribution < -0.4 is 11.1 Å². The fraction of sp³-hybridized carbons (Fsp3) is 0.143. The van der Waals surface area contributed by atoms with Gasteiger partial charge in [-0.2, -0.15) is 0 Å². The molecule has 0 aliphatic carbocycles. The number of aryl methyl sites for hydroxylation is 1. The Bertz CT molecular complexity index is 570. The maximum absolute atomic E-state index is 13.5. The van der Waals surface area contributed by atoms with Crippen LogP contribution in [0.25, 0.3) is 0 Å². The van der Waals surface area contributed by atoms with Crippen LogP contribution in [0.3, 0.4) is 0 Å². The van der Waals surface area contributed by atoms with Gasteiger partial charge in [-0.05, 0) is 42.8 Å². The molecule has 0 fully saturated rings. The largest absolute Gasteiger partial charge is 0.397 e. The molecular formula is C14H14ClFN2. The second kappa shape index (κ2) is 5.27. The Morgan fingerprint density at radius 2 is 2.00 bits per heavy atom. The van der Waals surface area contributed by atoms with Crippen LogP contribution in [0.5, 0.6) is 0 Å². The molecule has 0 spiro atoms. The van der Waals surface area contributed by atoms with Crippen LogP contribution in [-0.2, 0) is 6.54 Å². The molecule has 0 bridgehead atoms. The number of halogens is 2. The molecule has 0 radical (unpaired) electrons. The fourth-order valence-electron chi connectivity index (χ4n) is 1.71. The van der Waals surface area contributed by atoms with Crippen LogP contribution in [-0.4, -0.2) is 0 Å². The van der Waals surface area contributed by atoms with Crippen LogP contribution in [0.4, 0.5) is 15.8 Å². The van der Waals surface area contributed by atoms with Crippen LogP contribution in [0.1, 0.15) is 11.1 Å². The molecule has 94 valence electrons. The van der Waals surface area contributed by atoms with E-state index in [1.165, 1.54) is 12.1 Å². The van der Waals surface area contributed by atoms with Gasteiger partial charge in [-0.25, -0.2) is 4.39 Å². The molecule has 4 heteroatoms. The van der Waals surface area contributed by atoms with E-state index in [-0.39, 0.29) is 5.82 Å². The lowest BCUT2D eigenvalue weighted by molar-refractivity contribution is 0.613. The van der Waals surface area contributed by atoms with Gasteiger partial charge in [0.05, 0.1) is 11.4 Å². The molecule has 0 saturated carbocycles. The highest BCUT2D eigenvalue weighted by Crippen LogP contribution is 2.21. The second-order valence-electron chi connectivity index (χ2n) is 4.18. The first-order valence-corrected chi connectivity index (χ1v) is 5.98. The zero-order valence-electron chi connectivity index (χ0n) is 10.0. The average Bonchev–Trinajstić information content (AvgIpc) is 2.32. The van der Waals surface area contributed by atoms with Gasteiger partial charge >= 0.3 is 0 Å². The van der Waals surface area contributed by atoms with Gasteiger partial charge in [0.15, 0.2) is 0 Å². The van der Waals surface area contributed by atoms with Crippen molar-refractivity contribution < 1.29 is 4.39 Å². The Hall–Kier alpha value is -1.74. The van der Waals surface area contributed by atoms with E-state index < -0.39 is 0 Å². The lowest BCUT2D eigenvalue weighted by atomic mass is 10.1. The SMILES string of the molecule is Cc1ccc(NCc2cc(Cl)ccc2F)c(N)c1. The van der Waals surface area contributed by atoms with E-state index in [1.54, 1.807) is 6.07 Å². The number of nitrogens with one attached hydrogen (secondary N) is 1. The van der Waals surface area contributed by atoms with Gasteiger partial charge < -0.3 is 11.1 Å². The molecule has 18 heavy (non-hydrogen) atoms. The molecule has 2 nitrogen and oxygen atoms in total. The molecule has 0 saturated heterocycles. The van der Waals surface area contributed by atoms with E-state index in [0.717, 1.165) is 11.3 Å². The molecular weight excluding hydrogens is 251 g/mol. The fourth-order valence-corrected chi connectivity index (χ4v) is 1.91. The zero-order valence-corrected chi connectivity index (χ0v) is 10.8. The van der Waals surface area contributed by atoms with Crippen molar-refractivity contribution in [3.05, 3.63) is 58.4 Å². The maximum Gasteiger partial charge on any atom is 0.128 e. The van der Waals surface area contributed by atoms with Crippen LogP contribution >= 0.6 is 11.6 Å². The Morgan fingerprint density at radius 1 is 1.22 bits per heavy atom. The summed E-state index contributed by atoms with van der Waals surface area (Å²) < 4.78 is 13.5. The van der Waals surface area contributed by atoms with Crippen LogP contribution in [0.2, 0.25) is 5.02 Å². The molecule has 3 N–H and O–H groups in total. The van der Waals surface area contributed by atoms with Gasteiger partial charge in [0.25, 0.3) is 0 Å². The van der Waals surface area contributed by atoms with Crippen molar-refractivity contribution >= 4 is 23.0 Å². The first-order valence-electron chi connectivity index (χ1n) is 5.60. The van der Waals surface area contributed by atoms with Gasteiger partial charge in [-0.15, -0.1) is 0 Å². The number of hydrogen-bond donors (Lipinski definition) is 2. The van der Waals surface area contributed by atoms with Crippen LogP contribution in [0, 0.1) is 12.7 Å². The lowest BCUT2D eigenvalue weighted by Crippen LogP contribution is -2.04. The highest BCUT2D eigenvalue weighted by atomic mass is 35.5. The van der Waals surface area contributed by atoms with E-state index in [4.69, 9.17) is 17.3 Å². The molecule has 0 unspecified atom stereocenters. The highest BCUT2D eigenvalue weighted by Gasteiger charge is 2.04. The quantitative estimate of drug-likeness (QED) is 0.823. The van der Waals surface area contributed by atoms with Gasteiger partial charge in [-0.1, -0.05) is 17.7 Å². The minimum Gasteiger partial charge on any atom is -0.397 e. The number of nitrogens with two attached hydrogens (primary N) is 1. The van der Waals surface area contributed by atoms with E-state index in [0.29, 0.717) is 22.8 Å². The van der Waals surface area contributed by atoms with E-state index in [1.807, 2.05) is 25.1 Å². The first-order chi connectivity index (χ1) is 8.56. The number of rotatable bonds is 3. The average molecular weight is 265 g/mol. The third kappa shape index (κ3) is 2.93. The normalized spacial score (nSPS) is 10.4. The minimum absolute atomic E-state index is 0.280. The summed E-state index contributed by atoms with van der Waals surface area (Å²) in [5.41, 5.74) is 8.92. The molecule has 0 aromatic heterocycles. The number of benzene rings is 2. The number of hydrogen-bond acceptors (Lipinski definition) is 2.